The van der Waals surface area contributed by atoms with Crippen LogP contribution in [-0.4, -0.2) is 23.5 Å². The number of unbranched alkanes of at least 4 members (excludes halogenated alkanes) is 3. The molecule has 4 nitrogen and oxygen atoms in total. The summed E-state index contributed by atoms with van der Waals surface area (Å²) in [4.78, 5) is 23.4. The molecule has 2 atom stereocenters. The van der Waals surface area contributed by atoms with Crippen molar-refractivity contribution in [3.05, 3.63) is 0 Å². The maximum Gasteiger partial charge on any atom is 0.233 e. The first-order valence-electron chi connectivity index (χ1n) is 6.52. The number of carbonyl (C=O) groups excluding carboxylic acids is 2. The van der Waals surface area contributed by atoms with E-state index in [4.69, 9.17) is 5.11 Å². The quantitative estimate of drug-likeness (QED) is 0.526. The van der Waals surface area contributed by atoms with Gasteiger partial charge in [0.1, 0.15) is 0 Å². The number of imide groups is 1. The van der Waals surface area contributed by atoms with E-state index in [0.717, 1.165) is 32.1 Å². The van der Waals surface area contributed by atoms with Crippen LogP contribution in [0.5, 0.6) is 0 Å². The third-order valence-corrected chi connectivity index (χ3v) is 3.98. The van der Waals surface area contributed by atoms with Gasteiger partial charge in [-0.3, -0.25) is 14.9 Å². The lowest BCUT2D eigenvalue weighted by Crippen LogP contribution is -2.31. The van der Waals surface area contributed by atoms with Crippen LogP contribution in [0.4, 0.5) is 0 Å². The Morgan fingerprint density at radius 3 is 2.47 bits per heavy atom. The normalized spacial score (nSPS) is 28.5. The highest BCUT2D eigenvalue weighted by molar-refractivity contribution is 6.07. The first-order valence-corrected chi connectivity index (χ1v) is 6.52. The third-order valence-electron chi connectivity index (χ3n) is 3.98. The molecule has 1 aliphatic rings. The van der Waals surface area contributed by atoms with Crippen LogP contribution in [0.15, 0.2) is 0 Å². The molecule has 1 fully saturated rings. The van der Waals surface area contributed by atoms with E-state index < -0.39 is 5.41 Å². The molecule has 0 radical (unpaired) electrons. The molecule has 0 spiro atoms. The van der Waals surface area contributed by atoms with Crippen LogP contribution in [-0.2, 0) is 9.59 Å². The molecule has 0 aromatic carbocycles. The Morgan fingerprint density at radius 1 is 1.24 bits per heavy atom. The van der Waals surface area contributed by atoms with E-state index >= 15 is 0 Å². The molecule has 2 N–H and O–H groups in total. The molecule has 1 aliphatic heterocycles. The van der Waals surface area contributed by atoms with Crippen molar-refractivity contribution >= 4 is 11.8 Å². The van der Waals surface area contributed by atoms with Crippen molar-refractivity contribution in [2.75, 3.05) is 6.61 Å². The first-order chi connectivity index (χ1) is 8.06. The lowest BCUT2D eigenvalue weighted by atomic mass is 9.74. The maximum atomic E-state index is 11.7. The van der Waals surface area contributed by atoms with Gasteiger partial charge in [-0.05, 0) is 26.2 Å². The van der Waals surface area contributed by atoms with Gasteiger partial charge in [-0.1, -0.05) is 26.2 Å². The first kappa shape index (κ1) is 14.2. The summed E-state index contributed by atoms with van der Waals surface area (Å²) in [6.45, 7) is 4.07. The van der Waals surface area contributed by atoms with Crippen molar-refractivity contribution in [2.45, 2.75) is 52.4 Å². The summed E-state index contributed by atoms with van der Waals surface area (Å²) in [5.74, 6) is -0.402. The second-order valence-electron chi connectivity index (χ2n) is 5.07. The van der Waals surface area contributed by atoms with Crippen molar-refractivity contribution in [3.63, 3.8) is 0 Å². The van der Waals surface area contributed by atoms with E-state index in [1.165, 1.54) is 0 Å². The number of aliphatic hydroxyl groups excluding tert-OH is 1. The number of hydrogen-bond acceptors (Lipinski definition) is 3. The van der Waals surface area contributed by atoms with Crippen LogP contribution in [0.1, 0.15) is 52.4 Å². The Hall–Kier alpha value is -0.900. The van der Waals surface area contributed by atoms with E-state index in [1.807, 2.05) is 13.8 Å². The molecule has 98 valence electrons. The molecule has 2 amide bonds. The molecule has 4 heteroatoms. The fraction of sp³-hybridized carbons (Fsp3) is 0.846. The van der Waals surface area contributed by atoms with Crippen LogP contribution >= 0.6 is 0 Å². The van der Waals surface area contributed by atoms with Gasteiger partial charge in [-0.15, -0.1) is 0 Å². The second kappa shape index (κ2) is 6.15. The van der Waals surface area contributed by atoms with Crippen molar-refractivity contribution < 1.29 is 14.7 Å². The highest BCUT2D eigenvalue weighted by Crippen LogP contribution is 2.39. The Kier molecular flexibility index (Phi) is 5.12. The minimum absolute atomic E-state index is 0.110. The van der Waals surface area contributed by atoms with Crippen molar-refractivity contribution in [3.8, 4) is 0 Å². The SMILES string of the molecule is CCC1(C)C(=O)NC(=O)C1CCCCCCO. The molecule has 0 aliphatic carbocycles. The van der Waals surface area contributed by atoms with Crippen molar-refractivity contribution in [2.24, 2.45) is 11.3 Å². The van der Waals surface area contributed by atoms with Crippen LogP contribution in [0.2, 0.25) is 0 Å². The molecular weight excluding hydrogens is 218 g/mol. The van der Waals surface area contributed by atoms with Gasteiger partial charge >= 0.3 is 0 Å². The Bertz CT molecular complexity index is 290. The standard InChI is InChI=1S/C13H23NO3/c1-3-13(2)10(11(16)14-12(13)17)8-6-4-5-7-9-15/h10,15H,3-9H2,1-2H3,(H,14,16,17). The molecule has 0 saturated carbocycles. The van der Waals surface area contributed by atoms with Gasteiger partial charge < -0.3 is 5.11 Å². The molecule has 17 heavy (non-hydrogen) atoms. The van der Waals surface area contributed by atoms with Gasteiger partial charge in [0.2, 0.25) is 11.8 Å². The van der Waals surface area contributed by atoms with Gasteiger partial charge in [-0.2, -0.15) is 0 Å². The van der Waals surface area contributed by atoms with E-state index in [-0.39, 0.29) is 24.3 Å². The molecule has 0 aromatic rings. The molecule has 0 aromatic heterocycles. The lowest BCUT2D eigenvalue weighted by Gasteiger charge is -2.25. The topological polar surface area (TPSA) is 66.4 Å². The predicted octanol–water partition coefficient (Wildman–Crippen LogP) is 1.62. The van der Waals surface area contributed by atoms with E-state index in [9.17, 15) is 9.59 Å². The Labute approximate surface area is 103 Å². The zero-order valence-corrected chi connectivity index (χ0v) is 10.8. The number of amides is 2. The van der Waals surface area contributed by atoms with Crippen LogP contribution in [0.3, 0.4) is 0 Å². The number of aliphatic hydroxyl groups is 1. The Morgan fingerprint density at radius 2 is 1.88 bits per heavy atom. The number of hydrogen-bond donors (Lipinski definition) is 2. The summed E-state index contributed by atoms with van der Waals surface area (Å²) in [7, 11) is 0. The minimum atomic E-state index is -0.520. The summed E-state index contributed by atoms with van der Waals surface area (Å²) < 4.78 is 0. The lowest BCUT2D eigenvalue weighted by molar-refractivity contribution is -0.128. The molecule has 1 saturated heterocycles. The smallest absolute Gasteiger partial charge is 0.233 e. The summed E-state index contributed by atoms with van der Waals surface area (Å²) >= 11 is 0. The molecule has 2 unspecified atom stereocenters. The number of carbonyl (C=O) groups is 2. The summed E-state index contributed by atoms with van der Waals surface area (Å²) in [5, 5.41) is 11.1. The zero-order chi connectivity index (χ0) is 12.9. The molecule has 0 bridgehead atoms. The summed E-state index contributed by atoms with van der Waals surface area (Å²) in [5.41, 5.74) is -0.520. The molecule has 1 heterocycles. The van der Waals surface area contributed by atoms with Gasteiger partial charge in [0.05, 0.1) is 11.3 Å². The highest BCUT2D eigenvalue weighted by atomic mass is 16.3. The average Bonchev–Trinajstić information content (AvgIpc) is 2.52. The van der Waals surface area contributed by atoms with Crippen molar-refractivity contribution in [1.29, 1.82) is 0 Å². The average molecular weight is 241 g/mol. The Balaban J connectivity index is 2.45. The monoisotopic (exact) mass is 241 g/mol. The molecule has 1 rings (SSSR count). The van der Waals surface area contributed by atoms with Crippen LogP contribution in [0.25, 0.3) is 0 Å². The summed E-state index contributed by atoms with van der Waals surface area (Å²) in [6, 6.07) is 0. The minimum Gasteiger partial charge on any atom is -0.396 e. The van der Waals surface area contributed by atoms with E-state index in [0.29, 0.717) is 6.42 Å². The second-order valence-corrected chi connectivity index (χ2v) is 5.07. The third kappa shape index (κ3) is 3.06. The van der Waals surface area contributed by atoms with E-state index in [2.05, 4.69) is 5.32 Å². The van der Waals surface area contributed by atoms with Gasteiger partial charge in [0, 0.05) is 6.61 Å². The molecular formula is C13H23NO3. The number of nitrogens with one attached hydrogen (secondary N) is 1. The number of rotatable bonds is 7. The predicted molar refractivity (Wildman–Crippen MR) is 65.2 cm³/mol. The zero-order valence-electron chi connectivity index (χ0n) is 10.8. The summed E-state index contributed by atoms with van der Waals surface area (Å²) in [6.07, 6.45) is 5.24. The van der Waals surface area contributed by atoms with Gasteiger partial charge in [0.25, 0.3) is 0 Å². The highest BCUT2D eigenvalue weighted by Gasteiger charge is 2.49. The van der Waals surface area contributed by atoms with Crippen molar-refractivity contribution in [1.82, 2.24) is 5.32 Å². The van der Waals surface area contributed by atoms with Crippen LogP contribution in [0, 0.1) is 11.3 Å². The van der Waals surface area contributed by atoms with E-state index in [1.54, 1.807) is 0 Å². The van der Waals surface area contributed by atoms with Gasteiger partial charge in [0.15, 0.2) is 0 Å². The van der Waals surface area contributed by atoms with Gasteiger partial charge in [-0.25, -0.2) is 0 Å². The fourth-order valence-corrected chi connectivity index (χ4v) is 2.46. The van der Waals surface area contributed by atoms with Crippen LogP contribution < -0.4 is 5.32 Å². The largest absolute Gasteiger partial charge is 0.396 e. The maximum absolute atomic E-state index is 11.7. The fourth-order valence-electron chi connectivity index (χ4n) is 2.46.